The van der Waals surface area contributed by atoms with E-state index in [4.69, 9.17) is 42.1 Å². The third-order valence-electron chi connectivity index (χ3n) is 7.36. The molecule has 0 fully saturated rings. The second-order valence-electron chi connectivity index (χ2n) is 10.1. The molecule has 214 valence electrons. The maximum Gasteiger partial charge on any atom is 0.311 e. The van der Waals surface area contributed by atoms with Crippen LogP contribution in [0.4, 0.5) is 0 Å². The van der Waals surface area contributed by atoms with E-state index >= 15 is 0 Å². The largest absolute Gasteiger partial charge is 0.424 e. The molecule has 0 spiro atoms. The molecule has 2 aliphatic heterocycles. The van der Waals surface area contributed by atoms with Gasteiger partial charge in [-0.15, -0.1) is 0 Å². The SMILES string of the molecule is Cc1ncc2c(c1OC(=O)CCC(=O)Oc1c(C)ncc3c1CO[C@H]3c1ccc(Cl)cc1)CO[C@H]2c1ccc(Cl)cc1. The molecule has 0 aliphatic carbocycles. The Bertz CT molecular complexity index is 1550. The first-order valence-electron chi connectivity index (χ1n) is 13.4. The van der Waals surface area contributed by atoms with Gasteiger partial charge in [-0.05, 0) is 49.2 Å². The van der Waals surface area contributed by atoms with E-state index in [9.17, 15) is 9.59 Å². The van der Waals surface area contributed by atoms with Crippen LogP contribution in [0.15, 0.2) is 60.9 Å². The van der Waals surface area contributed by atoms with Crippen molar-refractivity contribution >= 4 is 35.1 Å². The van der Waals surface area contributed by atoms with Crippen molar-refractivity contribution in [1.29, 1.82) is 0 Å². The van der Waals surface area contributed by atoms with Crippen molar-refractivity contribution in [3.05, 3.63) is 116 Å². The topological polar surface area (TPSA) is 96.8 Å². The molecule has 0 radical (unpaired) electrons. The van der Waals surface area contributed by atoms with Crippen molar-refractivity contribution in [2.24, 2.45) is 0 Å². The average molecular weight is 605 g/mol. The Balaban J connectivity index is 1.11. The van der Waals surface area contributed by atoms with Gasteiger partial charge in [0.2, 0.25) is 0 Å². The summed E-state index contributed by atoms with van der Waals surface area (Å²) in [6.45, 7) is 4.05. The van der Waals surface area contributed by atoms with Crippen molar-refractivity contribution in [2.75, 3.05) is 0 Å². The van der Waals surface area contributed by atoms with Crippen LogP contribution in [0.5, 0.6) is 11.5 Å². The monoisotopic (exact) mass is 604 g/mol. The highest BCUT2D eigenvalue weighted by atomic mass is 35.5. The van der Waals surface area contributed by atoms with Crippen LogP contribution in [0.1, 0.15) is 69.8 Å². The van der Waals surface area contributed by atoms with Crippen molar-refractivity contribution in [3.8, 4) is 11.5 Å². The second kappa shape index (κ2) is 11.8. The van der Waals surface area contributed by atoms with E-state index in [1.54, 1.807) is 50.5 Å². The van der Waals surface area contributed by atoms with Gasteiger partial charge in [-0.25, -0.2) is 0 Å². The lowest BCUT2D eigenvalue weighted by molar-refractivity contribution is -0.140. The molecule has 6 rings (SSSR count). The average Bonchev–Trinajstić information content (AvgIpc) is 3.61. The summed E-state index contributed by atoms with van der Waals surface area (Å²) in [7, 11) is 0. The number of carbonyl (C=O) groups is 2. The number of fused-ring (bicyclic) bond motifs is 2. The highest BCUT2D eigenvalue weighted by molar-refractivity contribution is 6.30. The van der Waals surface area contributed by atoms with Gasteiger partial charge < -0.3 is 18.9 Å². The molecule has 0 saturated heterocycles. The van der Waals surface area contributed by atoms with Gasteiger partial charge in [-0.1, -0.05) is 47.5 Å². The Hall–Kier alpha value is -3.82. The summed E-state index contributed by atoms with van der Waals surface area (Å²) in [5.74, 6) is -0.429. The molecule has 8 nitrogen and oxygen atoms in total. The highest BCUT2D eigenvalue weighted by Gasteiger charge is 2.32. The molecule has 2 aromatic carbocycles. The molecule has 4 aromatic rings. The highest BCUT2D eigenvalue weighted by Crippen LogP contribution is 2.42. The molecule has 4 heterocycles. The maximum absolute atomic E-state index is 12.8. The number of benzene rings is 2. The lowest BCUT2D eigenvalue weighted by atomic mass is 10.0. The van der Waals surface area contributed by atoms with Crippen molar-refractivity contribution < 1.29 is 28.5 Å². The van der Waals surface area contributed by atoms with Crippen LogP contribution in [0.25, 0.3) is 0 Å². The molecule has 2 aromatic heterocycles. The van der Waals surface area contributed by atoms with Crippen LogP contribution in [-0.2, 0) is 32.3 Å². The Morgan fingerprint density at radius 2 is 1.10 bits per heavy atom. The van der Waals surface area contributed by atoms with E-state index in [0.717, 1.165) is 33.4 Å². The van der Waals surface area contributed by atoms with Crippen LogP contribution in [0, 0.1) is 13.8 Å². The summed E-state index contributed by atoms with van der Waals surface area (Å²) >= 11 is 12.1. The van der Waals surface area contributed by atoms with E-state index in [0.29, 0.717) is 32.9 Å². The first-order chi connectivity index (χ1) is 20.3. The molecule has 0 bridgehead atoms. The number of aryl methyl sites for hydroxylation is 2. The fourth-order valence-corrected chi connectivity index (χ4v) is 5.45. The number of hydrogen-bond acceptors (Lipinski definition) is 8. The summed E-state index contributed by atoms with van der Waals surface area (Å²) in [5.41, 5.74) is 6.13. The van der Waals surface area contributed by atoms with Crippen LogP contribution < -0.4 is 9.47 Å². The predicted octanol–water partition coefficient (Wildman–Crippen LogP) is 6.93. The Kier molecular flexibility index (Phi) is 7.96. The standard InChI is InChI=1S/C32H26Cl2N2O6/c1-17-29(25-15-39-31(23(25)13-35-17)19-3-7-21(33)8-4-19)41-27(37)11-12-28(38)42-30-18(2)36-14-24-26(30)16-40-32(24)20-5-9-22(34)10-6-20/h3-10,13-14,31-32H,11-12,15-16H2,1-2H3/t31-,32-/m0/s1. The van der Waals surface area contributed by atoms with Gasteiger partial charge in [0, 0.05) is 44.7 Å². The summed E-state index contributed by atoms with van der Waals surface area (Å²) in [6.07, 6.45) is 2.45. The van der Waals surface area contributed by atoms with Crippen molar-refractivity contribution in [1.82, 2.24) is 9.97 Å². The molecular weight excluding hydrogens is 579 g/mol. The van der Waals surface area contributed by atoms with Crippen molar-refractivity contribution in [2.45, 2.75) is 52.1 Å². The zero-order chi connectivity index (χ0) is 29.4. The van der Waals surface area contributed by atoms with Crippen LogP contribution >= 0.6 is 23.2 Å². The maximum atomic E-state index is 12.8. The van der Waals surface area contributed by atoms with Gasteiger partial charge in [0.25, 0.3) is 0 Å². The third-order valence-corrected chi connectivity index (χ3v) is 7.87. The molecule has 0 unspecified atom stereocenters. The first kappa shape index (κ1) is 28.3. The third kappa shape index (κ3) is 5.63. The zero-order valence-electron chi connectivity index (χ0n) is 22.9. The zero-order valence-corrected chi connectivity index (χ0v) is 24.4. The van der Waals surface area contributed by atoms with Crippen LogP contribution in [0.3, 0.4) is 0 Å². The quantitative estimate of drug-likeness (QED) is 0.209. The number of ether oxygens (including phenoxy) is 4. The number of hydrogen-bond donors (Lipinski definition) is 0. The Morgan fingerprint density at radius 1 is 0.714 bits per heavy atom. The predicted molar refractivity (Wildman–Crippen MR) is 155 cm³/mol. The summed E-state index contributed by atoms with van der Waals surface area (Å²) < 4.78 is 23.4. The van der Waals surface area contributed by atoms with Gasteiger partial charge in [0.15, 0.2) is 11.5 Å². The van der Waals surface area contributed by atoms with Gasteiger partial charge in [0.05, 0.1) is 37.4 Å². The number of aromatic nitrogens is 2. The smallest absolute Gasteiger partial charge is 0.311 e. The van der Waals surface area contributed by atoms with E-state index in [1.807, 2.05) is 24.3 Å². The van der Waals surface area contributed by atoms with E-state index in [2.05, 4.69) is 9.97 Å². The fraction of sp³-hybridized carbons (Fsp3) is 0.250. The molecule has 0 N–H and O–H groups in total. The normalized spacial score (nSPS) is 17.0. The van der Waals surface area contributed by atoms with Gasteiger partial charge in [-0.2, -0.15) is 0 Å². The number of esters is 2. The molecular formula is C32H26Cl2N2O6. The molecule has 2 aliphatic rings. The summed E-state index contributed by atoms with van der Waals surface area (Å²) in [5, 5.41) is 1.26. The number of carbonyl (C=O) groups excluding carboxylic acids is 2. The lowest BCUT2D eigenvalue weighted by Gasteiger charge is -2.14. The first-order valence-corrected chi connectivity index (χ1v) is 14.2. The number of nitrogens with zero attached hydrogens (tertiary/aromatic N) is 2. The van der Waals surface area contributed by atoms with Crippen LogP contribution in [-0.4, -0.2) is 21.9 Å². The lowest BCUT2D eigenvalue weighted by Crippen LogP contribution is -2.16. The number of pyridine rings is 2. The van der Waals surface area contributed by atoms with E-state index < -0.39 is 11.9 Å². The molecule has 42 heavy (non-hydrogen) atoms. The molecule has 0 saturated carbocycles. The number of halogens is 2. The summed E-state index contributed by atoms with van der Waals surface area (Å²) in [4.78, 5) is 34.5. The van der Waals surface area contributed by atoms with Gasteiger partial charge >= 0.3 is 11.9 Å². The summed E-state index contributed by atoms with van der Waals surface area (Å²) in [6, 6.07) is 14.8. The minimum absolute atomic E-state index is 0.172. The van der Waals surface area contributed by atoms with Crippen LogP contribution in [0.2, 0.25) is 10.0 Å². The minimum atomic E-state index is -0.570. The Labute approximate surface area is 252 Å². The molecule has 2 atom stereocenters. The Morgan fingerprint density at radius 3 is 1.48 bits per heavy atom. The van der Waals surface area contributed by atoms with E-state index in [-0.39, 0.29) is 38.3 Å². The van der Waals surface area contributed by atoms with E-state index in [1.165, 1.54) is 0 Å². The minimum Gasteiger partial charge on any atom is -0.424 e. The second-order valence-corrected chi connectivity index (χ2v) is 11.0. The van der Waals surface area contributed by atoms with Crippen molar-refractivity contribution in [3.63, 3.8) is 0 Å². The van der Waals surface area contributed by atoms with Gasteiger partial charge in [0.1, 0.15) is 12.2 Å². The molecule has 10 heteroatoms. The van der Waals surface area contributed by atoms with Gasteiger partial charge in [-0.3, -0.25) is 19.6 Å². The molecule has 0 amide bonds. The fourth-order valence-electron chi connectivity index (χ4n) is 5.20. The number of rotatable bonds is 7.